The van der Waals surface area contributed by atoms with E-state index in [0.717, 1.165) is 23.5 Å². The quantitative estimate of drug-likeness (QED) is 0.850. The Kier molecular flexibility index (Phi) is 4.46. The van der Waals surface area contributed by atoms with Crippen molar-refractivity contribution in [3.63, 3.8) is 0 Å². The van der Waals surface area contributed by atoms with E-state index in [1.165, 1.54) is 4.90 Å². The lowest BCUT2D eigenvalue weighted by Crippen LogP contribution is -2.51. The van der Waals surface area contributed by atoms with E-state index in [9.17, 15) is 9.59 Å². The van der Waals surface area contributed by atoms with Crippen molar-refractivity contribution < 1.29 is 9.59 Å². The van der Waals surface area contributed by atoms with Gasteiger partial charge in [-0.05, 0) is 34.1 Å². The average molecular weight is 292 g/mol. The van der Waals surface area contributed by atoms with Gasteiger partial charge in [0, 0.05) is 37.3 Å². The van der Waals surface area contributed by atoms with Gasteiger partial charge >= 0.3 is 0 Å². The van der Waals surface area contributed by atoms with Crippen molar-refractivity contribution in [1.29, 1.82) is 0 Å². The van der Waals surface area contributed by atoms with Gasteiger partial charge in [-0.25, -0.2) is 0 Å². The molecule has 0 radical (unpaired) electrons. The Labute approximate surface area is 125 Å². The fourth-order valence-electron chi connectivity index (χ4n) is 3.10. The van der Waals surface area contributed by atoms with Crippen LogP contribution >= 0.6 is 0 Å². The maximum Gasteiger partial charge on any atom is 0.246 e. The van der Waals surface area contributed by atoms with Gasteiger partial charge in [-0.15, -0.1) is 0 Å². The molecule has 0 spiro atoms. The van der Waals surface area contributed by atoms with E-state index in [1.807, 2.05) is 18.5 Å². The largest absolute Gasteiger partial charge is 0.299 e. The first-order valence-corrected chi connectivity index (χ1v) is 7.47. The predicted molar refractivity (Wildman–Crippen MR) is 79.7 cm³/mol. The molecule has 1 fully saturated rings. The Hall–Kier alpha value is -1.69. The number of aryl methyl sites for hydroxylation is 2. The van der Waals surface area contributed by atoms with E-state index in [4.69, 9.17) is 0 Å². The van der Waals surface area contributed by atoms with Crippen LogP contribution in [0.25, 0.3) is 0 Å². The molecule has 1 aliphatic rings. The summed E-state index contributed by atoms with van der Waals surface area (Å²) in [5.41, 5.74) is 3.26. The molecule has 2 unspecified atom stereocenters. The molecule has 6 heteroatoms. The SMILES string of the molecule is CCn1nc(C)c(C(C)NC2CCC(=O)N(C)C2=O)c1C. The fourth-order valence-corrected chi connectivity index (χ4v) is 3.10. The molecule has 6 nitrogen and oxygen atoms in total. The topological polar surface area (TPSA) is 67.2 Å². The van der Waals surface area contributed by atoms with Gasteiger partial charge in [0.15, 0.2) is 0 Å². The van der Waals surface area contributed by atoms with E-state index in [-0.39, 0.29) is 23.9 Å². The summed E-state index contributed by atoms with van der Waals surface area (Å²) >= 11 is 0. The first-order valence-electron chi connectivity index (χ1n) is 7.47. The highest BCUT2D eigenvalue weighted by Crippen LogP contribution is 2.23. The van der Waals surface area contributed by atoms with Crippen LogP contribution in [0.2, 0.25) is 0 Å². The summed E-state index contributed by atoms with van der Waals surface area (Å²) in [6.07, 6.45) is 0.977. The highest BCUT2D eigenvalue weighted by atomic mass is 16.2. The third kappa shape index (κ3) is 2.85. The van der Waals surface area contributed by atoms with Crippen LogP contribution in [0.1, 0.15) is 49.7 Å². The molecule has 0 saturated carbocycles. The lowest BCUT2D eigenvalue weighted by Gasteiger charge is -2.30. The molecule has 0 bridgehead atoms. The number of hydrogen-bond donors (Lipinski definition) is 1. The molecule has 1 saturated heterocycles. The summed E-state index contributed by atoms with van der Waals surface area (Å²) in [6, 6.07) is -0.271. The van der Waals surface area contributed by atoms with Crippen LogP contribution in [0.5, 0.6) is 0 Å². The first kappa shape index (κ1) is 15.7. The molecule has 0 aliphatic carbocycles. The molecule has 1 N–H and O–H groups in total. The van der Waals surface area contributed by atoms with Gasteiger partial charge in [0.05, 0.1) is 11.7 Å². The summed E-state index contributed by atoms with van der Waals surface area (Å²) in [5, 5.41) is 7.87. The second kappa shape index (κ2) is 5.97. The Morgan fingerprint density at radius 2 is 2.05 bits per heavy atom. The van der Waals surface area contributed by atoms with Crippen molar-refractivity contribution in [3.8, 4) is 0 Å². The summed E-state index contributed by atoms with van der Waals surface area (Å²) in [7, 11) is 1.55. The number of hydrogen-bond acceptors (Lipinski definition) is 4. The zero-order chi connectivity index (χ0) is 15.7. The molecule has 116 valence electrons. The maximum atomic E-state index is 12.2. The van der Waals surface area contributed by atoms with Gasteiger partial charge in [-0.1, -0.05) is 0 Å². The molecular formula is C15H24N4O2. The summed E-state index contributed by atoms with van der Waals surface area (Å²) in [4.78, 5) is 24.9. The number of nitrogens with one attached hydrogen (secondary N) is 1. The third-order valence-electron chi connectivity index (χ3n) is 4.27. The van der Waals surface area contributed by atoms with Crippen molar-refractivity contribution in [2.75, 3.05) is 7.05 Å². The molecule has 1 aromatic heterocycles. The number of nitrogens with zero attached hydrogens (tertiary/aromatic N) is 3. The number of imide groups is 1. The van der Waals surface area contributed by atoms with Crippen LogP contribution in [0.15, 0.2) is 0 Å². The van der Waals surface area contributed by atoms with Gasteiger partial charge in [0.25, 0.3) is 0 Å². The van der Waals surface area contributed by atoms with Gasteiger partial charge < -0.3 is 0 Å². The maximum absolute atomic E-state index is 12.2. The molecular weight excluding hydrogens is 268 g/mol. The summed E-state index contributed by atoms with van der Waals surface area (Å²) in [5.74, 6) is -0.242. The van der Waals surface area contributed by atoms with Crippen LogP contribution in [0, 0.1) is 13.8 Å². The number of piperidine rings is 1. The number of rotatable bonds is 4. The van der Waals surface area contributed by atoms with E-state index < -0.39 is 0 Å². The first-order chi connectivity index (χ1) is 9.86. The van der Waals surface area contributed by atoms with Crippen LogP contribution in [0.3, 0.4) is 0 Å². The monoisotopic (exact) mass is 292 g/mol. The van der Waals surface area contributed by atoms with Crippen LogP contribution < -0.4 is 5.32 Å². The standard InChI is InChI=1S/C15H24N4O2/c1-6-19-11(4)14(10(3)17-19)9(2)16-12-7-8-13(20)18(5)15(12)21/h9,12,16H,6-8H2,1-5H3. The van der Waals surface area contributed by atoms with E-state index >= 15 is 0 Å². The van der Waals surface area contributed by atoms with E-state index in [2.05, 4.69) is 24.3 Å². The second-order valence-electron chi connectivity index (χ2n) is 5.67. The van der Waals surface area contributed by atoms with Gasteiger partial charge in [0.1, 0.15) is 0 Å². The van der Waals surface area contributed by atoms with Gasteiger partial charge in [-0.2, -0.15) is 5.10 Å². The van der Waals surface area contributed by atoms with E-state index in [1.54, 1.807) is 7.05 Å². The van der Waals surface area contributed by atoms with Crippen molar-refractivity contribution >= 4 is 11.8 Å². The molecule has 21 heavy (non-hydrogen) atoms. The lowest BCUT2D eigenvalue weighted by molar-refractivity contribution is -0.148. The smallest absolute Gasteiger partial charge is 0.246 e. The Bertz CT molecular complexity index is 564. The van der Waals surface area contributed by atoms with Crippen molar-refractivity contribution in [3.05, 3.63) is 17.0 Å². The summed E-state index contributed by atoms with van der Waals surface area (Å²) < 4.78 is 1.97. The van der Waals surface area contributed by atoms with Crippen LogP contribution in [0.4, 0.5) is 0 Å². The second-order valence-corrected chi connectivity index (χ2v) is 5.67. The number of carbonyl (C=O) groups excluding carboxylic acids is 2. The minimum absolute atomic E-state index is 0.0286. The number of likely N-dealkylation sites (tertiary alicyclic amines) is 1. The highest BCUT2D eigenvalue weighted by Gasteiger charge is 2.33. The minimum Gasteiger partial charge on any atom is -0.299 e. The molecule has 0 aromatic carbocycles. The fraction of sp³-hybridized carbons (Fsp3) is 0.667. The highest BCUT2D eigenvalue weighted by molar-refractivity contribution is 6.00. The minimum atomic E-state index is -0.300. The zero-order valence-corrected chi connectivity index (χ0v) is 13.4. The molecule has 1 aliphatic heterocycles. The Balaban J connectivity index is 2.15. The van der Waals surface area contributed by atoms with E-state index in [0.29, 0.717) is 12.8 Å². The number of likely N-dealkylation sites (N-methyl/N-ethyl adjacent to an activating group) is 1. The van der Waals surface area contributed by atoms with Gasteiger partial charge in [-0.3, -0.25) is 24.5 Å². The van der Waals surface area contributed by atoms with Crippen LogP contribution in [-0.2, 0) is 16.1 Å². The average Bonchev–Trinajstić information content (AvgIpc) is 2.74. The normalized spacial score (nSPS) is 21.0. The molecule has 2 rings (SSSR count). The Morgan fingerprint density at radius 1 is 1.38 bits per heavy atom. The summed E-state index contributed by atoms with van der Waals surface area (Å²) in [6.45, 7) is 8.98. The number of carbonyl (C=O) groups is 2. The molecule has 2 heterocycles. The predicted octanol–water partition coefficient (Wildman–Crippen LogP) is 1.32. The molecule has 2 amide bonds. The third-order valence-corrected chi connectivity index (χ3v) is 4.27. The number of aromatic nitrogens is 2. The van der Waals surface area contributed by atoms with Crippen molar-refractivity contribution in [2.24, 2.45) is 0 Å². The zero-order valence-electron chi connectivity index (χ0n) is 13.4. The van der Waals surface area contributed by atoms with Crippen LogP contribution in [-0.4, -0.2) is 39.6 Å². The Morgan fingerprint density at radius 3 is 2.62 bits per heavy atom. The van der Waals surface area contributed by atoms with Crippen molar-refractivity contribution in [1.82, 2.24) is 20.0 Å². The van der Waals surface area contributed by atoms with Gasteiger partial charge in [0.2, 0.25) is 11.8 Å². The van der Waals surface area contributed by atoms with Crippen molar-refractivity contribution in [2.45, 2.75) is 59.2 Å². The molecule has 2 atom stereocenters. The molecule has 1 aromatic rings. The number of amides is 2. The lowest BCUT2D eigenvalue weighted by atomic mass is 10.0.